The number of amides is 2. The molecule has 0 aliphatic carbocycles. The summed E-state index contributed by atoms with van der Waals surface area (Å²) < 4.78 is 31.2. The van der Waals surface area contributed by atoms with E-state index < -0.39 is 20.9 Å². The van der Waals surface area contributed by atoms with Crippen LogP contribution in [0.4, 0.5) is 0 Å². The highest BCUT2D eigenvalue weighted by atomic mass is 32.2. The predicted octanol–water partition coefficient (Wildman–Crippen LogP) is -0.747. The molecule has 0 spiro atoms. The molecule has 0 rings (SSSR count). The lowest BCUT2D eigenvalue weighted by atomic mass is 10.2. The summed E-state index contributed by atoms with van der Waals surface area (Å²) in [6.45, 7) is 3.63. The van der Waals surface area contributed by atoms with Gasteiger partial charge in [0.1, 0.15) is 0 Å². The van der Waals surface area contributed by atoms with E-state index in [-0.39, 0.29) is 18.9 Å². The average Bonchev–Trinajstić information content (AvgIpc) is 1.99. The van der Waals surface area contributed by atoms with Crippen LogP contribution in [0.3, 0.4) is 0 Å². The minimum absolute atomic E-state index is 0.0336. The standard InChI is InChI=1S/C8H16N2O5S/c1-6(11)9-5-4-8(3,10-7(2)12)16(13,14)15/h4-5H2,1-3H3,(H,9,11)(H,10,12)(H,13,14,15). The first-order valence-electron chi connectivity index (χ1n) is 4.59. The van der Waals surface area contributed by atoms with Crippen LogP contribution in [0.15, 0.2) is 0 Å². The molecule has 1 atom stereocenters. The lowest BCUT2D eigenvalue weighted by molar-refractivity contribution is -0.120. The maximum Gasteiger partial charge on any atom is 0.288 e. The molecule has 94 valence electrons. The van der Waals surface area contributed by atoms with Crippen LogP contribution in [0.2, 0.25) is 0 Å². The second kappa shape index (κ2) is 5.26. The van der Waals surface area contributed by atoms with Crippen molar-refractivity contribution >= 4 is 21.9 Å². The number of nitrogens with one attached hydrogen (secondary N) is 2. The Morgan fingerprint density at radius 1 is 1.25 bits per heavy atom. The molecule has 8 heteroatoms. The molecule has 0 aliphatic heterocycles. The lowest BCUT2D eigenvalue weighted by Crippen LogP contribution is -2.52. The van der Waals surface area contributed by atoms with Crippen molar-refractivity contribution in [2.75, 3.05) is 6.54 Å². The third kappa shape index (κ3) is 4.58. The molecule has 0 saturated heterocycles. The van der Waals surface area contributed by atoms with Gasteiger partial charge in [0.15, 0.2) is 4.87 Å². The molecule has 0 aromatic carbocycles. The summed E-state index contributed by atoms with van der Waals surface area (Å²) in [6.07, 6.45) is -0.120. The summed E-state index contributed by atoms with van der Waals surface area (Å²) in [5.74, 6) is -0.900. The van der Waals surface area contributed by atoms with Crippen LogP contribution in [0.1, 0.15) is 27.2 Å². The van der Waals surface area contributed by atoms with Crippen molar-refractivity contribution in [3.8, 4) is 0 Å². The van der Waals surface area contributed by atoms with E-state index in [0.717, 1.165) is 6.92 Å². The zero-order valence-corrected chi connectivity index (χ0v) is 10.2. The molecule has 0 saturated carbocycles. The maximum absolute atomic E-state index is 11.1. The number of hydrogen-bond donors (Lipinski definition) is 3. The number of rotatable bonds is 5. The third-order valence-electron chi connectivity index (χ3n) is 1.99. The molecule has 7 nitrogen and oxygen atoms in total. The summed E-state index contributed by atoms with van der Waals surface area (Å²) in [4.78, 5) is 19.6. The van der Waals surface area contributed by atoms with Gasteiger partial charge >= 0.3 is 0 Å². The molecule has 2 amide bonds. The second-order valence-electron chi connectivity index (χ2n) is 3.62. The Bertz CT molecular complexity index is 378. The van der Waals surface area contributed by atoms with Gasteiger partial charge in [-0.25, -0.2) is 0 Å². The summed E-state index contributed by atoms with van der Waals surface area (Å²) in [7, 11) is -4.44. The van der Waals surface area contributed by atoms with Gasteiger partial charge in [-0.1, -0.05) is 0 Å². The van der Waals surface area contributed by atoms with Crippen molar-refractivity contribution in [3.63, 3.8) is 0 Å². The highest BCUT2D eigenvalue weighted by Gasteiger charge is 2.38. The number of hydrogen-bond acceptors (Lipinski definition) is 4. The SMILES string of the molecule is CC(=O)NCCC(C)(NC(C)=O)S(=O)(=O)O. The lowest BCUT2D eigenvalue weighted by Gasteiger charge is -2.26. The van der Waals surface area contributed by atoms with Crippen LogP contribution >= 0.6 is 0 Å². The van der Waals surface area contributed by atoms with Crippen LogP contribution in [0.25, 0.3) is 0 Å². The van der Waals surface area contributed by atoms with Crippen LogP contribution in [-0.4, -0.2) is 36.2 Å². The van der Waals surface area contributed by atoms with Gasteiger partial charge < -0.3 is 10.6 Å². The molecule has 3 N–H and O–H groups in total. The van der Waals surface area contributed by atoms with Crippen molar-refractivity contribution in [1.29, 1.82) is 0 Å². The number of carbonyl (C=O) groups excluding carboxylic acids is 2. The maximum atomic E-state index is 11.1. The van der Waals surface area contributed by atoms with Gasteiger partial charge in [0.05, 0.1) is 0 Å². The van der Waals surface area contributed by atoms with Crippen LogP contribution in [0.5, 0.6) is 0 Å². The van der Waals surface area contributed by atoms with Crippen LogP contribution in [-0.2, 0) is 19.7 Å². The van der Waals surface area contributed by atoms with Gasteiger partial charge in [-0.3, -0.25) is 14.1 Å². The Hall–Kier alpha value is -1.15. The van der Waals surface area contributed by atoms with Crippen LogP contribution < -0.4 is 10.6 Å². The normalized spacial score (nSPS) is 15.0. The van der Waals surface area contributed by atoms with E-state index in [9.17, 15) is 18.0 Å². The quantitative estimate of drug-likeness (QED) is 0.557. The van der Waals surface area contributed by atoms with E-state index >= 15 is 0 Å². The molecular formula is C8H16N2O5S. The topological polar surface area (TPSA) is 113 Å². The van der Waals surface area contributed by atoms with E-state index in [2.05, 4.69) is 10.6 Å². The van der Waals surface area contributed by atoms with Gasteiger partial charge in [0, 0.05) is 26.8 Å². The zero-order chi connectivity index (χ0) is 13.0. The van der Waals surface area contributed by atoms with Crippen molar-refractivity contribution < 1.29 is 22.6 Å². The van der Waals surface area contributed by atoms with Gasteiger partial charge in [0.2, 0.25) is 11.8 Å². The van der Waals surface area contributed by atoms with Gasteiger partial charge in [-0.15, -0.1) is 0 Å². The summed E-state index contributed by atoms with van der Waals surface area (Å²) in [6, 6.07) is 0. The first-order valence-corrected chi connectivity index (χ1v) is 6.03. The third-order valence-corrected chi connectivity index (χ3v) is 3.43. The van der Waals surface area contributed by atoms with E-state index in [4.69, 9.17) is 4.55 Å². The molecular weight excluding hydrogens is 236 g/mol. The Morgan fingerprint density at radius 2 is 1.75 bits per heavy atom. The first-order chi connectivity index (χ1) is 7.08. The van der Waals surface area contributed by atoms with Crippen molar-refractivity contribution in [3.05, 3.63) is 0 Å². The first kappa shape index (κ1) is 14.8. The molecule has 0 aromatic heterocycles. The van der Waals surface area contributed by atoms with Crippen molar-refractivity contribution in [2.24, 2.45) is 0 Å². The van der Waals surface area contributed by atoms with E-state index in [1.165, 1.54) is 13.8 Å². The summed E-state index contributed by atoms with van der Waals surface area (Å²) in [5.41, 5.74) is 0. The Labute approximate surface area is 94.3 Å². The zero-order valence-electron chi connectivity index (χ0n) is 9.40. The molecule has 16 heavy (non-hydrogen) atoms. The Kier molecular flexibility index (Phi) is 4.88. The highest BCUT2D eigenvalue weighted by molar-refractivity contribution is 7.87. The molecule has 0 fully saturated rings. The molecule has 0 aliphatic rings. The van der Waals surface area contributed by atoms with Gasteiger partial charge in [0.25, 0.3) is 10.1 Å². The van der Waals surface area contributed by atoms with Crippen LogP contribution in [0, 0.1) is 0 Å². The Balaban J connectivity index is 4.69. The molecule has 0 aromatic rings. The van der Waals surface area contributed by atoms with Crippen molar-refractivity contribution in [2.45, 2.75) is 32.1 Å². The molecule has 0 bridgehead atoms. The average molecular weight is 252 g/mol. The van der Waals surface area contributed by atoms with E-state index in [0.29, 0.717) is 0 Å². The van der Waals surface area contributed by atoms with Gasteiger partial charge in [-0.05, 0) is 6.92 Å². The predicted molar refractivity (Wildman–Crippen MR) is 57.1 cm³/mol. The molecule has 1 unspecified atom stereocenters. The van der Waals surface area contributed by atoms with Gasteiger partial charge in [-0.2, -0.15) is 8.42 Å². The van der Waals surface area contributed by atoms with E-state index in [1.54, 1.807) is 0 Å². The second-order valence-corrected chi connectivity index (χ2v) is 5.47. The minimum atomic E-state index is -4.44. The fraction of sp³-hybridized carbons (Fsp3) is 0.750. The molecule has 0 radical (unpaired) electrons. The molecule has 0 heterocycles. The number of carbonyl (C=O) groups is 2. The largest absolute Gasteiger partial charge is 0.356 e. The Morgan fingerprint density at radius 3 is 2.06 bits per heavy atom. The van der Waals surface area contributed by atoms with E-state index in [1.807, 2.05) is 0 Å². The smallest absolute Gasteiger partial charge is 0.288 e. The van der Waals surface area contributed by atoms with Crippen molar-refractivity contribution in [1.82, 2.24) is 10.6 Å². The fourth-order valence-corrected chi connectivity index (χ4v) is 1.74. The summed E-state index contributed by atoms with van der Waals surface area (Å²) in [5, 5.41) is 4.52. The minimum Gasteiger partial charge on any atom is -0.356 e. The summed E-state index contributed by atoms with van der Waals surface area (Å²) >= 11 is 0. The highest BCUT2D eigenvalue weighted by Crippen LogP contribution is 2.16. The monoisotopic (exact) mass is 252 g/mol. The fourth-order valence-electron chi connectivity index (χ4n) is 1.11.